The Balaban J connectivity index is 2.68. The van der Waals surface area contributed by atoms with Gasteiger partial charge >= 0.3 is 7.91 Å². The van der Waals surface area contributed by atoms with Crippen molar-refractivity contribution < 1.29 is 17.8 Å². The molecular formula is C7H12FO3P. The van der Waals surface area contributed by atoms with E-state index < -0.39 is 13.3 Å². The first-order valence-electron chi connectivity index (χ1n) is 3.60. The fraction of sp³-hybridized carbons (Fsp3) is 0.714. The van der Waals surface area contributed by atoms with Crippen LogP contribution in [0.2, 0.25) is 0 Å². The van der Waals surface area contributed by atoms with Gasteiger partial charge < -0.3 is 0 Å². The molecule has 0 amide bonds. The van der Waals surface area contributed by atoms with Gasteiger partial charge in [0.1, 0.15) is 0 Å². The van der Waals surface area contributed by atoms with Gasteiger partial charge in [-0.3, -0.25) is 9.05 Å². The normalized spacial score (nSPS) is 42.6. The van der Waals surface area contributed by atoms with E-state index >= 15 is 0 Å². The van der Waals surface area contributed by atoms with Crippen LogP contribution in [0.1, 0.15) is 13.8 Å². The standard InChI is InChI=1S/C7H12FO3P/c1-6(2)7(3)4-10-12(8,9)11-5-7/h1,4-5H2,2-3H3. The molecule has 1 saturated heterocycles. The van der Waals surface area contributed by atoms with E-state index in [0.29, 0.717) is 0 Å². The van der Waals surface area contributed by atoms with Gasteiger partial charge in [0, 0.05) is 5.41 Å². The molecule has 70 valence electrons. The quantitative estimate of drug-likeness (QED) is 0.475. The van der Waals surface area contributed by atoms with Crippen LogP contribution >= 0.6 is 7.91 Å². The summed E-state index contributed by atoms with van der Waals surface area (Å²) >= 11 is 0. The highest BCUT2D eigenvalue weighted by Crippen LogP contribution is 2.55. The third-order valence-electron chi connectivity index (χ3n) is 2.10. The maximum atomic E-state index is 12.6. The second-order valence-corrected chi connectivity index (χ2v) is 4.70. The highest BCUT2D eigenvalue weighted by atomic mass is 31.2. The third-order valence-corrected chi connectivity index (χ3v) is 2.98. The molecule has 0 spiro atoms. The molecule has 0 aromatic rings. The summed E-state index contributed by atoms with van der Waals surface area (Å²) in [5.41, 5.74) is 0.419. The van der Waals surface area contributed by atoms with Crippen LogP contribution in [0.5, 0.6) is 0 Å². The lowest BCUT2D eigenvalue weighted by Crippen LogP contribution is -2.32. The van der Waals surface area contributed by atoms with Crippen LogP contribution in [0.4, 0.5) is 4.20 Å². The van der Waals surface area contributed by atoms with E-state index in [2.05, 4.69) is 15.6 Å². The average molecular weight is 194 g/mol. The van der Waals surface area contributed by atoms with Gasteiger partial charge in [-0.2, -0.15) is 0 Å². The molecule has 1 rings (SSSR count). The zero-order valence-electron chi connectivity index (χ0n) is 7.17. The minimum atomic E-state index is -4.25. The summed E-state index contributed by atoms with van der Waals surface area (Å²) in [4.78, 5) is 0. The topological polar surface area (TPSA) is 35.5 Å². The zero-order valence-corrected chi connectivity index (χ0v) is 8.07. The highest BCUT2D eigenvalue weighted by Gasteiger charge is 2.40. The van der Waals surface area contributed by atoms with Crippen molar-refractivity contribution in [1.29, 1.82) is 0 Å². The van der Waals surface area contributed by atoms with Crippen molar-refractivity contribution in [3.63, 3.8) is 0 Å². The van der Waals surface area contributed by atoms with E-state index in [-0.39, 0.29) is 13.2 Å². The van der Waals surface area contributed by atoms with Crippen molar-refractivity contribution >= 4 is 7.91 Å². The molecule has 12 heavy (non-hydrogen) atoms. The van der Waals surface area contributed by atoms with Crippen LogP contribution in [-0.4, -0.2) is 13.2 Å². The van der Waals surface area contributed by atoms with Gasteiger partial charge in [-0.15, -0.1) is 4.20 Å². The maximum Gasteiger partial charge on any atom is 0.513 e. The lowest BCUT2D eigenvalue weighted by molar-refractivity contribution is 0.0367. The van der Waals surface area contributed by atoms with Crippen LogP contribution in [0.3, 0.4) is 0 Å². The Morgan fingerprint density at radius 1 is 1.58 bits per heavy atom. The number of halogens is 1. The molecule has 0 radical (unpaired) electrons. The first-order chi connectivity index (χ1) is 5.36. The van der Waals surface area contributed by atoms with Gasteiger partial charge in [0.05, 0.1) is 13.2 Å². The van der Waals surface area contributed by atoms with Crippen molar-refractivity contribution in [3.05, 3.63) is 12.2 Å². The molecule has 0 N–H and O–H groups in total. The SMILES string of the molecule is C=C(C)C1(C)COP(=O)(F)OC1. The van der Waals surface area contributed by atoms with Gasteiger partial charge in [0.2, 0.25) is 0 Å². The summed E-state index contributed by atoms with van der Waals surface area (Å²) < 4.78 is 32.1. The minimum absolute atomic E-state index is 0.0656. The molecule has 0 aliphatic carbocycles. The summed E-state index contributed by atoms with van der Waals surface area (Å²) in [6, 6.07) is 0. The molecular weight excluding hydrogens is 182 g/mol. The summed E-state index contributed by atoms with van der Waals surface area (Å²) in [5.74, 6) is 0. The summed E-state index contributed by atoms with van der Waals surface area (Å²) in [7, 11) is -4.25. The molecule has 1 aliphatic heterocycles. The first-order valence-corrected chi connectivity index (χ1v) is 5.04. The van der Waals surface area contributed by atoms with Crippen molar-refractivity contribution in [2.45, 2.75) is 13.8 Å². The van der Waals surface area contributed by atoms with Crippen LogP contribution in [0, 0.1) is 5.41 Å². The Bertz CT molecular complexity index is 239. The van der Waals surface area contributed by atoms with E-state index in [4.69, 9.17) is 0 Å². The molecule has 1 aliphatic rings. The Morgan fingerprint density at radius 2 is 2.00 bits per heavy atom. The molecule has 3 nitrogen and oxygen atoms in total. The largest absolute Gasteiger partial charge is 0.513 e. The maximum absolute atomic E-state index is 12.6. The van der Waals surface area contributed by atoms with E-state index in [0.717, 1.165) is 5.57 Å². The lowest BCUT2D eigenvalue weighted by Gasteiger charge is -2.34. The monoisotopic (exact) mass is 194 g/mol. The smallest absolute Gasteiger partial charge is 0.283 e. The average Bonchev–Trinajstić information content (AvgIpc) is 1.96. The van der Waals surface area contributed by atoms with Crippen molar-refractivity contribution in [3.8, 4) is 0 Å². The zero-order chi connectivity index (χ0) is 9.41. The molecule has 0 saturated carbocycles. The van der Waals surface area contributed by atoms with Gasteiger partial charge in [-0.05, 0) is 6.92 Å². The number of rotatable bonds is 1. The minimum Gasteiger partial charge on any atom is -0.283 e. The van der Waals surface area contributed by atoms with Crippen molar-refractivity contribution in [2.24, 2.45) is 5.41 Å². The molecule has 0 aromatic carbocycles. The number of hydrogen-bond acceptors (Lipinski definition) is 3. The van der Waals surface area contributed by atoms with Gasteiger partial charge in [-0.1, -0.05) is 19.1 Å². The molecule has 1 heterocycles. The lowest BCUT2D eigenvalue weighted by atomic mass is 9.86. The molecule has 0 unspecified atom stereocenters. The van der Waals surface area contributed by atoms with Crippen LogP contribution in [-0.2, 0) is 13.6 Å². The van der Waals surface area contributed by atoms with Crippen molar-refractivity contribution in [1.82, 2.24) is 0 Å². The molecule has 1 fully saturated rings. The van der Waals surface area contributed by atoms with Crippen molar-refractivity contribution in [2.75, 3.05) is 13.2 Å². The molecule has 0 aromatic heterocycles. The van der Waals surface area contributed by atoms with Gasteiger partial charge in [-0.25, -0.2) is 4.57 Å². The van der Waals surface area contributed by atoms with Crippen LogP contribution < -0.4 is 0 Å². The fourth-order valence-electron chi connectivity index (χ4n) is 0.764. The van der Waals surface area contributed by atoms with Crippen LogP contribution in [0.15, 0.2) is 12.2 Å². The fourth-order valence-corrected chi connectivity index (χ4v) is 1.72. The Kier molecular flexibility index (Phi) is 2.43. The first kappa shape index (κ1) is 9.90. The molecule has 0 bridgehead atoms. The summed E-state index contributed by atoms with van der Waals surface area (Å²) in [6.07, 6.45) is 0. The predicted octanol–water partition coefficient (Wildman–Crippen LogP) is 2.69. The van der Waals surface area contributed by atoms with E-state index in [1.54, 1.807) is 6.92 Å². The Labute approximate surface area is 71.2 Å². The molecule has 0 atom stereocenters. The third kappa shape index (κ3) is 1.94. The summed E-state index contributed by atoms with van der Waals surface area (Å²) in [6.45, 7) is 7.49. The van der Waals surface area contributed by atoms with E-state index in [9.17, 15) is 8.76 Å². The Hall–Kier alpha value is -0.180. The Morgan fingerprint density at radius 3 is 2.33 bits per heavy atom. The van der Waals surface area contributed by atoms with Gasteiger partial charge in [0.25, 0.3) is 0 Å². The highest BCUT2D eigenvalue weighted by molar-refractivity contribution is 7.48. The van der Waals surface area contributed by atoms with Crippen LogP contribution in [0.25, 0.3) is 0 Å². The van der Waals surface area contributed by atoms with E-state index in [1.807, 2.05) is 6.92 Å². The second kappa shape index (κ2) is 2.95. The van der Waals surface area contributed by atoms with Gasteiger partial charge in [0.15, 0.2) is 0 Å². The summed E-state index contributed by atoms with van der Waals surface area (Å²) in [5, 5.41) is 0. The predicted molar refractivity (Wildman–Crippen MR) is 43.5 cm³/mol. The number of hydrogen-bond donors (Lipinski definition) is 0. The second-order valence-electron chi connectivity index (χ2n) is 3.32. The van der Waals surface area contributed by atoms with E-state index in [1.165, 1.54) is 0 Å². The molecule has 5 heteroatoms.